The fourth-order valence-electron chi connectivity index (χ4n) is 2.12. The van der Waals surface area contributed by atoms with Crippen molar-refractivity contribution in [1.29, 1.82) is 0 Å². The van der Waals surface area contributed by atoms with E-state index in [1.165, 1.54) is 0 Å². The van der Waals surface area contributed by atoms with Crippen LogP contribution < -0.4 is 10.6 Å². The van der Waals surface area contributed by atoms with Crippen LogP contribution in [0.1, 0.15) is 25.5 Å². The molecule has 2 heterocycles. The first-order chi connectivity index (χ1) is 8.25. The molecule has 1 fully saturated rings. The summed E-state index contributed by atoms with van der Waals surface area (Å²) in [6.07, 6.45) is 4.43. The van der Waals surface area contributed by atoms with Gasteiger partial charge in [0, 0.05) is 19.0 Å². The van der Waals surface area contributed by atoms with Crippen molar-refractivity contribution in [3.8, 4) is 0 Å². The molecule has 0 spiro atoms. The number of carbonyl (C=O) groups excluding carboxylic acids is 1. The monoisotopic (exact) mass is 236 g/mol. The molecule has 2 unspecified atom stereocenters. The summed E-state index contributed by atoms with van der Waals surface area (Å²) in [6.45, 7) is 3.82. The standard InChI is InChI=1S/C13H20N2O2/c1-10(4-5-12-3-2-8-17-12)15-13(16)11-6-7-14-9-11/h2-3,8,10-11,14H,4-7,9H2,1H3,(H,15,16). The van der Waals surface area contributed by atoms with Crippen LogP contribution in [-0.4, -0.2) is 25.0 Å². The van der Waals surface area contributed by atoms with Crippen molar-refractivity contribution in [2.24, 2.45) is 5.92 Å². The molecule has 1 aliphatic rings. The fraction of sp³-hybridized carbons (Fsp3) is 0.615. The van der Waals surface area contributed by atoms with Crippen LogP contribution in [0.25, 0.3) is 0 Å². The smallest absolute Gasteiger partial charge is 0.224 e. The van der Waals surface area contributed by atoms with E-state index in [1.807, 2.05) is 19.1 Å². The Kier molecular flexibility index (Phi) is 4.20. The molecule has 0 saturated carbocycles. The van der Waals surface area contributed by atoms with E-state index in [2.05, 4.69) is 10.6 Å². The number of furan rings is 1. The predicted molar refractivity (Wildman–Crippen MR) is 65.6 cm³/mol. The zero-order valence-corrected chi connectivity index (χ0v) is 10.2. The summed E-state index contributed by atoms with van der Waals surface area (Å²) in [6, 6.07) is 4.06. The first kappa shape index (κ1) is 12.2. The van der Waals surface area contributed by atoms with Gasteiger partial charge in [0.05, 0.1) is 12.2 Å². The van der Waals surface area contributed by atoms with E-state index in [1.54, 1.807) is 6.26 Å². The third-order valence-electron chi connectivity index (χ3n) is 3.22. The molecule has 4 nitrogen and oxygen atoms in total. The van der Waals surface area contributed by atoms with E-state index < -0.39 is 0 Å². The lowest BCUT2D eigenvalue weighted by atomic mass is 10.1. The molecule has 2 N–H and O–H groups in total. The zero-order chi connectivity index (χ0) is 12.1. The second kappa shape index (κ2) is 5.87. The van der Waals surface area contributed by atoms with Gasteiger partial charge in [-0.05, 0) is 38.4 Å². The topological polar surface area (TPSA) is 54.3 Å². The molecule has 0 aliphatic carbocycles. The number of nitrogens with one attached hydrogen (secondary N) is 2. The highest BCUT2D eigenvalue weighted by Crippen LogP contribution is 2.09. The minimum Gasteiger partial charge on any atom is -0.469 e. The lowest BCUT2D eigenvalue weighted by Gasteiger charge is -2.16. The first-order valence-electron chi connectivity index (χ1n) is 6.29. The van der Waals surface area contributed by atoms with Crippen LogP contribution >= 0.6 is 0 Å². The van der Waals surface area contributed by atoms with E-state index >= 15 is 0 Å². The highest BCUT2D eigenvalue weighted by atomic mass is 16.3. The molecule has 0 radical (unpaired) electrons. The first-order valence-corrected chi connectivity index (χ1v) is 6.29. The lowest BCUT2D eigenvalue weighted by Crippen LogP contribution is -2.38. The Morgan fingerprint density at radius 2 is 2.59 bits per heavy atom. The molecule has 1 aromatic heterocycles. The third-order valence-corrected chi connectivity index (χ3v) is 3.22. The van der Waals surface area contributed by atoms with Crippen molar-refractivity contribution in [2.75, 3.05) is 13.1 Å². The molecular formula is C13H20N2O2. The van der Waals surface area contributed by atoms with E-state index in [0.29, 0.717) is 0 Å². The molecule has 1 aliphatic heterocycles. The van der Waals surface area contributed by atoms with Crippen LogP contribution in [0, 0.1) is 5.92 Å². The van der Waals surface area contributed by atoms with Crippen molar-refractivity contribution < 1.29 is 9.21 Å². The molecule has 0 bridgehead atoms. The number of rotatable bonds is 5. The van der Waals surface area contributed by atoms with Gasteiger partial charge in [0.25, 0.3) is 0 Å². The van der Waals surface area contributed by atoms with Gasteiger partial charge in [0.15, 0.2) is 0 Å². The molecule has 1 amide bonds. The molecule has 1 aromatic rings. The van der Waals surface area contributed by atoms with Gasteiger partial charge in [0.1, 0.15) is 5.76 Å². The Balaban J connectivity index is 1.69. The summed E-state index contributed by atoms with van der Waals surface area (Å²) < 4.78 is 5.27. The van der Waals surface area contributed by atoms with Crippen molar-refractivity contribution in [1.82, 2.24) is 10.6 Å². The Bertz CT molecular complexity index is 342. The molecule has 17 heavy (non-hydrogen) atoms. The second-order valence-electron chi connectivity index (χ2n) is 4.72. The summed E-state index contributed by atoms with van der Waals surface area (Å²) in [5, 5.41) is 6.27. The normalized spacial score (nSPS) is 21.4. The van der Waals surface area contributed by atoms with Gasteiger partial charge in [-0.15, -0.1) is 0 Å². The van der Waals surface area contributed by atoms with E-state index in [9.17, 15) is 4.79 Å². The highest BCUT2D eigenvalue weighted by molar-refractivity contribution is 5.79. The third kappa shape index (κ3) is 3.60. The second-order valence-corrected chi connectivity index (χ2v) is 4.72. The quantitative estimate of drug-likeness (QED) is 0.811. The average Bonchev–Trinajstić information content (AvgIpc) is 2.99. The van der Waals surface area contributed by atoms with Crippen molar-refractivity contribution >= 4 is 5.91 Å². The van der Waals surface area contributed by atoms with Crippen LogP contribution in [0.5, 0.6) is 0 Å². The van der Waals surface area contributed by atoms with Crippen LogP contribution in [0.2, 0.25) is 0 Å². The number of hydrogen-bond acceptors (Lipinski definition) is 3. The van der Waals surface area contributed by atoms with Crippen molar-refractivity contribution in [3.63, 3.8) is 0 Å². The lowest BCUT2D eigenvalue weighted by molar-refractivity contribution is -0.125. The molecule has 2 atom stereocenters. The molecule has 1 saturated heterocycles. The van der Waals surface area contributed by atoms with Gasteiger partial charge in [-0.3, -0.25) is 4.79 Å². The Labute approximate surface area is 102 Å². The number of hydrogen-bond donors (Lipinski definition) is 2. The Morgan fingerprint density at radius 1 is 1.71 bits per heavy atom. The maximum Gasteiger partial charge on any atom is 0.224 e. The maximum atomic E-state index is 11.8. The fourth-order valence-corrected chi connectivity index (χ4v) is 2.12. The van der Waals surface area contributed by atoms with Crippen LogP contribution in [0.15, 0.2) is 22.8 Å². The van der Waals surface area contributed by atoms with Crippen molar-refractivity contribution in [2.45, 2.75) is 32.2 Å². The van der Waals surface area contributed by atoms with Crippen molar-refractivity contribution in [3.05, 3.63) is 24.2 Å². The Hall–Kier alpha value is -1.29. The van der Waals surface area contributed by atoms with Gasteiger partial charge >= 0.3 is 0 Å². The summed E-state index contributed by atoms with van der Waals surface area (Å²) >= 11 is 0. The maximum absolute atomic E-state index is 11.8. The van der Waals surface area contributed by atoms with Crippen LogP contribution in [0.4, 0.5) is 0 Å². The van der Waals surface area contributed by atoms with Gasteiger partial charge in [0.2, 0.25) is 5.91 Å². The number of carbonyl (C=O) groups is 1. The average molecular weight is 236 g/mol. The van der Waals surface area contributed by atoms with Gasteiger partial charge in [-0.2, -0.15) is 0 Å². The molecule has 94 valence electrons. The number of amides is 1. The zero-order valence-electron chi connectivity index (χ0n) is 10.2. The number of aryl methyl sites for hydroxylation is 1. The van der Waals surface area contributed by atoms with Crippen LogP contribution in [-0.2, 0) is 11.2 Å². The predicted octanol–water partition coefficient (Wildman–Crippen LogP) is 1.33. The SMILES string of the molecule is CC(CCc1ccco1)NC(=O)C1CCNC1. The molecule has 2 rings (SSSR count). The van der Waals surface area contributed by atoms with E-state index in [-0.39, 0.29) is 17.9 Å². The largest absolute Gasteiger partial charge is 0.469 e. The summed E-state index contributed by atoms with van der Waals surface area (Å²) in [5.74, 6) is 1.32. The Morgan fingerprint density at radius 3 is 3.24 bits per heavy atom. The molecular weight excluding hydrogens is 216 g/mol. The molecule has 4 heteroatoms. The minimum atomic E-state index is 0.154. The summed E-state index contributed by atoms with van der Waals surface area (Å²) in [4.78, 5) is 11.8. The van der Waals surface area contributed by atoms with Crippen LogP contribution in [0.3, 0.4) is 0 Å². The highest BCUT2D eigenvalue weighted by Gasteiger charge is 2.23. The van der Waals surface area contributed by atoms with Gasteiger partial charge in [-0.1, -0.05) is 0 Å². The van der Waals surface area contributed by atoms with Gasteiger partial charge < -0.3 is 15.1 Å². The minimum absolute atomic E-state index is 0.154. The van der Waals surface area contributed by atoms with E-state index in [4.69, 9.17) is 4.42 Å². The van der Waals surface area contributed by atoms with E-state index in [0.717, 1.165) is 38.1 Å². The summed E-state index contributed by atoms with van der Waals surface area (Å²) in [7, 11) is 0. The summed E-state index contributed by atoms with van der Waals surface area (Å²) in [5.41, 5.74) is 0. The van der Waals surface area contributed by atoms with Gasteiger partial charge in [-0.25, -0.2) is 0 Å². The molecule has 0 aromatic carbocycles.